The highest BCUT2D eigenvalue weighted by Gasteiger charge is 2.46. The monoisotopic (exact) mass is 473 g/mol. The molecule has 4 aromatic rings. The van der Waals surface area contributed by atoms with Crippen LogP contribution >= 0.6 is 0 Å². The van der Waals surface area contributed by atoms with Crippen molar-refractivity contribution in [1.82, 2.24) is 29.6 Å². The van der Waals surface area contributed by atoms with Crippen LogP contribution in [-0.4, -0.2) is 37.5 Å². The molecule has 4 heterocycles. The van der Waals surface area contributed by atoms with Crippen molar-refractivity contribution in [2.24, 2.45) is 0 Å². The summed E-state index contributed by atoms with van der Waals surface area (Å²) in [5.74, 6) is 0.952. The van der Waals surface area contributed by atoms with E-state index in [1.807, 2.05) is 38.1 Å². The Morgan fingerprint density at radius 1 is 1.17 bits per heavy atom. The highest BCUT2D eigenvalue weighted by Crippen LogP contribution is 2.47. The Hall–Kier alpha value is -3.59. The van der Waals surface area contributed by atoms with Gasteiger partial charge in [0.2, 0.25) is 5.95 Å². The van der Waals surface area contributed by atoms with Gasteiger partial charge in [0.25, 0.3) is 5.56 Å². The predicted molar refractivity (Wildman–Crippen MR) is 133 cm³/mol. The van der Waals surface area contributed by atoms with Crippen LogP contribution in [0.15, 0.2) is 47.4 Å². The average Bonchev–Trinajstić information content (AvgIpc) is 3.62. The number of hydrogen-bond acceptors (Lipinski definition) is 6. The van der Waals surface area contributed by atoms with Crippen molar-refractivity contribution in [2.75, 3.05) is 18.5 Å². The first kappa shape index (κ1) is 21.9. The molecule has 1 aliphatic heterocycles. The number of aromatic nitrogens is 5. The first-order valence-electron chi connectivity index (χ1n) is 12.1. The van der Waals surface area contributed by atoms with E-state index in [0.29, 0.717) is 22.8 Å². The molecule has 0 amide bonds. The van der Waals surface area contributed by atoms with Crippen LogP contribution in [0.3, 0.4) is 0 Å². The molecule has 1 aliphatic carbocycles. The van der Waals surface area contributed by atoms with Gasteiger partial charge in [-0.05, 0) is 75.0 Å². The number of pyridine rings is 1. The van der Waals surface area contributed by atoms with Crippen molar-refractivity contribution in [3.63, 3.8) is 0 Å². The maximum Gasteiger partial charge on any atom is 0.278 e. The van der Waals surface area contributed by atoms with E-state index < -0.39 is 12.1 Å². The van der Waals surface area contributed by atoms with Crippen molar-refractivity contribution in [1.29, 1.82) is 0 Å². The predicted octanol–water partition coefficient (Wildman–Crippen LogP) is 3.95. The standard InChI is InChI=1S/C26H28FN7O/c1-16(2)33-24(35)20-14-29-25(30-19-7-6-18-13-28-11-8-17(18)12-19)32-23(20)34(33)22-5-3-4-21(31-22)26(15-27)9-10-26/h3-7,12,14,16,28H,8-11,13,15H2,1-2H3,(H,29,30,32). The van der Waals surface area contributed by atoms with E-state index in [1.165, 1.54) is 11.1 Å². The molecule has 2 aliphatic rings. The third-order valence-corrected chi connectivity index (χ3v) is 7.07. The number of fused-ring (bicyclic) bond motifs is 2. The summed E-state index contributed by atoms with van der Waals surface area (Å²) in [4.78, 5) is 27.3. The second-order valence-corrected chi connectivity index (χ2v) is 9.82. The van der Waals surface area contributed by atoms with Crippen LogP contribution in [0, 0.1) is 0 Å². The molecule has 1 aromatic carbocycles. The summed E-state index contributed by atoms with van der Waals surface area (Å²) < 4.78 is 17.1. The van der Waals surface area contributed by atoms with Crippen LogP contribution in [-0.2, 0) is 18.4 Å². The second-order valence-electron chi connectivity index (χ2n) is 9.82. The molecule has 6 rings (SSSR count). The highest BCUT2D eigenvalue weighted by molar-refractivity contribution is 5.77. The van der Waals surface area contributed by atoms with Gasteiger partial charge in [0, 0.05) is 29.9 Å². The topological polar surface area (TPSA) is 89.7 Å². The van der Waals surface area contributed by atoms with Crippen LogP contribution < -0.4 is 16.2 Å². The summed E-state index contributed by atoms with van der Waals surface area (Å²) in [6.07, 6.45) is 4.12. The number of rotatable bonds is 6. The summed E-state index contributed by atoms with van der Waals surface area (Å²) in [6.45, 7) is 5.30. The Kier molecular flexibility index (Phi) is 5.17. The molecule has 8 nitrogen and oxygen atoms in total. The largest absolute Gasteiger partial charge is 0.324 e. The fraction of sp³-hybridized carbons (Fsp3) is 0.385. The number of alkyl halides is 1. The van der Waals surface area contributed by atoms with E-state index in [9.17, 15) is 9.18 Å². The Morgan fingerprint density at radius 2 is 2.03 bits per heavy atom. The highest BCUT2D eigenvalue weighted by atomic mass is 19.1. The zero-order valence-corrected chi connectivity index (χ0v) is 19.9. The normalized spacial score (nSPS) is 16.5. The summed E-state index contributed by atoms with van der Waals surface area (Å²) in [5, 5.41) is 7.10. The van der Waals surface area contributed by atoms with Gasteiger partial charge in [-0.25, -0.2) is 19.3 Å². The Balaban J connectivity index is 1.45. The molecule has 0 unspecified atom stereocenters. The molecular weight excluding hydrogens is 445 g/mol. The first-order valence-corrected chi connectivity index (χ1v) is 12.1. The number of nitrogens with zero attached hydrogens (tertiary/aromatic N) is 5. The van der Waals surface area contributed by atoms with Gasteiger partial charge < -0.3 is 10.6 Å². The van der Waals surface area contributed by atoms with Crippen LogP contribution in [0.5, 0.6) is 0 Å². The van der Waals surface area contributed by atoms with Crippen molar-refractivity contribution in [3.8, 4) is 5.82 Å². The molecule has 1 fully saturated rings. The maximum atomic E-state index is 13.7. The maximum absolute atomic E-state index is 13.7. The summed E-state index contributed by atoms with van der Waals surface area (Å²) in [7, 11) is 0. The Morgan fingerprint density at radius 3 is 2.80 bits per heavy atom. The molecule has 35 heavy (non-hydrogen) atoms. The smallest absolute Gasteiger partial charge is 0.278 e. The number of nitrogens with one attached hydrogen (secondary N) is 2. The van der Waals surface area contributed by atoms with Gasteiger partial charge in [0.15, 0.2) is 11.5 Å². The lowest BCUT2D eigenvalue weighted by Crippen LogP contribution is -2.25. The molecule has 2 N–H and O–H groups in total. The lowest BCUT2D eigenvalue weighted by Gasteiger charge is -2.18. The lowest BCUT2D eigenvalue weighted by molar-refractivity contribution is 0.410. The van der Waals surface area contributed by atoms with Crippen molar-refractivity contribution >= 4 is 22.7 Å². The van der Waals surface area contributed by atoms with Crippen molar-refractivity contribution < 1.29 is 4.39 Å². The molecule has 0 atom stereocenters. The molecule has 1 saturated carbocycles. The van der Waals surface area contributed by atoms with Gasteiger partial charge in [0.1, 0.15) is 12.1 Å². The van der Waals surface area contributed by atoms with Gasteiger partial charge in [-0.3, -0.25) is 9.18 Å². The first-order chi connectivity index (χ1) is 17.0. The van der Waals surface area contributed by atoms with E-state index in [4.69, 9.17) is 9.97 Å². The van der Waals surface area contributed by atoms with E-state index in [0.717, 1.165) is 43.7 Å². The van der Waals surface area contributed by atoms with Crippen molar-refractivity contribution in [2.45, 2.75) is 51.1 Å². The Labute approximate surface area is 202 Å². The molecule has 0 bridgehead atoms. The van der Waals surface area contributed by atoms with E-state index in [-0.39, 0.29) is 11.6 Å². The molecule has 0 saturated heterocycles. The van der Waals surface area contributed by atoms with E-state index in [1.54, 1.807) is 15.6 Å². The third kappa shape index (κ3) is 3.70. The SMILES string of the molecule is CC(C)n1c(=O)c2cnc(Nc3ccc4c(c3)CCNC4)nc2n1-c1cccc(C2(CF)CC2)n1. The quantitative estimate of drug-likeness (QED) is 0.441. The second kappa shape index (κ2) is 8.27. The fourth-order valence-electron chi connectivity index (χ4n) is 4.88. The van der Waals surface area contributed by atoms with Gasteiger partial charge in [-0.1, -0.05) is 12.1 Å². The number of halogens is 1. The van der Waals surface area contributed by atoms with Crippen molar-refractivity contribution in [3.05, 3.63) is 69.8 Å². The number of hydrogen-bond donors (Lipinski definition) is 2. The average molecular weight is 474 g/mol. The molecule has 3 aromatic heterocycles. The molecule has 180 valence electrons. The van der Waals surface area contributed by atoms with Gasteiger partial charge >= 0.3 is 0 Å². The van der Waals surface area contributed by atoms with Crippen LogP contribution in [0.1, 0.15) is 49.6 Å². The van der Waals surface area contributed by atoms with E-state index >= 15 is 0 Å². The molecule has 0 spiro atoms. The minimum absolute atomic E-state index is 0.135. The van der Waals surface area contributed by atoms with Gasteiger partial charge in [-0.15, -0.1) is 0 Å². The molecular formula is C26H28FN7O. The minimum Gasteiger partial charge on any atom is -0.324 e. The third-order valence-electron chi connectivity index (χ3n) is 7.07. The van der Waals surface area contributed by atoms with Gasteiger partial charge in [-0.2, -0.15) is 4.98 Å². The minimum atomic E-state index is -0.494. The number of anilines is 2. The molecule has 9 heteroatoms. The summed E-state index contributed by atoms with van der Waals surface area (Å²) in [6, 6.07) is 11.7. The summed E-state index contributed by atoms with van der Waals surface area (Å²) >= 11 is 0. The zero-order valence-electron chi connectivity index (χ0n) is 19.9. The summed E-state index contributed by atoms with van der Waals surface area (Å²) in [5.41, 5.74) is 4.03. The van der Waals surface area contributed by atoms with Crippen LogP contribution in [0.2, 0.25) is 0 Å². The Bertz CT molecular complexity index is 1490. The van der Waals surface area contributed by atoms with Gasteiger partial charge in [0.05, 0.1) is 5.69 Å². The lowest BCUT2D eigenvalue weighted by atomic mass is 10.0. The zero-order chi connectivity index (χ0) is 24.2. The van der Waals surface area contributed by atoms with Crippen LogP contribution in [0.4, 0.5) is 16.0 Å². The van der Waals surface area contributed by atoms with Crippen LogP contribution in [0.25, 0.3) is 16.9 Å². The van der Waals surface area contributed by atoms with E-state index in [2.05, 4.69) is 27.8 Å². The number of benzene rings is 1. The fourth-order valence-corrected chi connectivity index (χ4v) is 4.88. The molecule has 0 radical (unpaired) electrons.